The predicted molar refractivity (Wildman–Crippen MR) is 84.0 cm³/mol. The number of likely N-dealkylation sites (tertiary alicyclic amines) is 2. The van der Waals surface area contributed by atoms with E-state index in [0.29, 0.717) is 6.54 Å². The van der Waals surface area contributed by atoms with Crippen molar-refractivity contribution in [3.8, 4) is 0 Å². The van der Waals surface area contributed by atoms with E-state index in [1.54, 1.807) is 0 Å². The molecule has 20 heavy (non-hydrogen) atoms. The van der Waals surface area contributed by atoms with Crippen LogP contribution in [0.1, 0.15) is 46.0 Å². The first-order valence-corrected chi connectivity index (χ1v) is 8.46. The predicted octanol–water partition coefficient (Wildman–Crippen LogP) is 1.69. The molecule has 0 aromatic carbocycles. The van der Waals surface area contributed by atoms with Crippen LogP contribution in [0.5, 0.6) is 0 Å². The third-order valence-electron chi connectivity index (χ3n) is 5.19. The maximum absolute atomic E-state index is 6.02. The zero-order valence-corrected chi connectivity index (χ0v) is 13.4. The van der Waals surface area contributed by atoms with E-state index in [4.69, 9.17) is 10.5 Å². The summed E-state index contributed by atoms with van der Waals surface area (Å²) in [6.45, 7) is 11.5. The first-order chi connectivity index (χ1) is 9.69. The first kappa shape index (κ1) is 16.2. The largest absolute Gasteiger partial charge is 0.380 e. The van der Waals surface area contributed by atoms with E-state index in [1.165, 1.54) is 58.3 Å². The van der Waals surface area contributed by atoms with Gasteiger partial charge in [-0.15, -0.1) is 0 Å². The van der Waals surface area contributed by atoms with Gasteiger partial charge in [0, 0.05) is 32.3 Å². The van der Waals surface area contributed by atoms with Crippen molar-refractivity contribution >= 4 is 0 Å². The SMILES string of the molecule is CCOCC(C)(CN)N1CCC(N2CCCCC2)CC1. The number of nitrogens with two attached hydrogens (primary N) is 1. The molecule has 4 heteroatoms. The van der Waals surface area contributed by atoms with Crippen LogP contribution in [0.25, 0.3) is 0 Å². The van der Waals surface area contributed by atoms with Gasteiger partial charge >= 0.3 is 0 Å². The van der Waals surface area contributed by atoms with Crippen molar-refractivity contribution in [2.75, 3.05) is 45.9 Å². The Morgan fingerprint density at radius 3 is 2.30 bits per heavy atom. The molecule has 2 fully saturated rings. The number of hydrogen-bond donors (Lipinski definition) is 1. The van der Waals surface area contributed by atoms with Crippen LogP contribution in [0.15, 0.2) is 0 Å². The van der Waals surface area contributed by atoms with Gasteiger partial charge in [-0.1, -0.05) is 6.42 Å². The molecule has 0 aromatic rings. The molecule has 0 radical (unpaired) electrons. The molecule has 0 aliphatic carbocycles. The molecular formula is C16H33N3O. The van der Waals surface area contributed by atoms with Gasteiger partial charge in [0.15, 0.2) is 0 Å². The number of rotatable bonds is 6. The highest BCUT2D eigenvalue weighted by Gasteiger charge is 2.35. The van der Waals surface area contributed by atoms with Crippen LogP contribution in [0.2, 0.25) is 0 Å². The van der Waals surface area contributed by atoms with Gasteiger partial charge in [0.1, 0.15) is 0 Å². The van der Waals surface area contributed by atoms with Gasteiger partial charge < -0.3 is 15.4 Å². The number of ether oxygens (including phenoxy) is 1. The Bertz CT molecular complexity index is 273. The molecule has 118 valence electrons. The Balaban J connectivity index is 1.82. The van der Waals surface area contributed by atoms with Crippen molar-refractivity contribution < 1.29 is 4.74 Å². The Morgan fingerprint density at radius 2 is 1.75 bits per heavy atom. The van der Waals surface area contributed by atoms with Crippen LogP contribution in [0, 0.1) is 0 Å². The van der Waals surface area contributed by atoms with E-state index in [0.717, 1.165) is 19.3 Å². The summed E-state index contributed by atoms with van der Waals surface area (Å²) in [7, 11) is 0. The molecule has 0 saturated carbocycles. The van der Waals surface area contributed by atoms with E-state index in [2.05, 4.69) is 23.6 Å². The molecule has 2 aliphatic heterocycles. The molecule has 1 atom stereocenters. The Kier molecular flexibility index (Phi) is 6.27. The van der Waals surface area contributed by atoms with Crippen molar-refractivity contribution in [2.45, 2.75) is 57.5 Å². The van der Waals surface area contributed by atoms with E-state index in [-0.39, 0.29) is 5.54 Å². The number of hydrogen-bond acceptors (Lipinski definition) is 4. The average Bonchev–Trinajstić information content (AvgIpc) is 2.53. The molecule has 0 bridgehead atoms. The Labute approximate surface area is 124 Å². The van der Waals surface area contributed by atoms with Crippen LogP contribution in [-0.2, 0) is 4.74 Å². The normalized spacial score (nSPS) is 26.6. The highest BCUT2D eigenvalue weighted by Crippen LogP contribution is 2.25. The van der Waals surface area contributed by atoms with Crippen LogP contribution in [0.3, 0.4) is 0 Å². The fraction of sp³-hybridized carbons (Fsp3) is 1.00. The van der Waals surface area contributed by atoms with Gasteiger partial charge in [0.25, 0.3) is 0 Å². The lowest BCUT2D eigenvalue weighted by atomic mass is 9.94. The van der Waals surface area contributed by atoms with Gasteiger partial charge in [-0.3, -0.25) is 4.90 Å². The maximum atomic E-state index is 6.02. The third kappa shape index (κ3) is 3.94. The van der Waals surface area contributed by atoms with Crippen LogP contribution in [-0.4, -0.2) is 67.3 Å². The second-order valence-electron chi connectivity index (χ2n) is 6.65. The molecule has 1 unspecified atom stereocenters. The molecule has 0 spiro atoms. The summed E-state index contributed by atoms with van der Waals surface area (Å²) in [5, 5.41) is 0. The summed E-state index contributed by atoms with van der Waals surface area (Å²) >= 11 is 0. The summed E-state index contributed by atoms with van der Waals surface area (Å²) in [4.78, 5) is 5.28. The fourth-order valence-corrected chi connectivity index (χ4v) is 3.66. The maximum Gasteiger partial charge on any atom is 0.0659 e. The summed E-state index contributed by atoms with van der Waals surface area (Å²) in [5.74, 6) is 0. The van der Waals surface area contributed by atoms with Gasteiger partial charge in [-0.05, 0) is 52.6 Å². The molecule has 2 N–H and O–H groups in total. The molecule has 2 aliphatic rings. The molecule has 0 aromatic heterocycles. The third-order valence-corrected chi connectivity index (χ3v) is 5.19. The Hall–Kier alpha value is -0.160. The molecule has 0 amide bonds. The van der Waals surface area contributed by atoms with Gasteiger partial charge in [-0.2, -0.15) is 0 Å². The lowest BCUT2D eigenvalue weighted by molar-refractivity contribution is -0.0159. The van der Waals surface area contributed by atoms with E-state index >= 15 is 0 Å². The standard InChI is InChI=1S/C16H33N3O/c1-3-20-14-16(2,13-17)19-11-7-15(8-12-19)18-9-5-4-6-10-18/h15H,3-14,17H2,1-2H3. The van der Waals surface area contributed by atoms with Crippen molar-refractivity contribution in [3.05, 3.63) is 0 Å². The summed E-state index contributed by atoms with van der Waals surface area (Å²) in [5.41, 5.74) is 6.04. The zero-order valence-electron chi connectivity index (χ0n) is 13.4. The first-order valence-electron chi connectivity index (χ1n) is 8.46. The lowest BCUT2D eigenvalue weighted by Gasteiger charge is -2.46. The second kappa shape index (κ2) is 7.74. The van der Waals surface area contributed by atoms with Gasteiger partial charge in [0.05, 0.1) is 12.1 Å². The average molecular weight is 283 g/mol. The zero-order chi connectivity index (χ0) is 14.4. The number of nitrogens with zero attached hydrogens (tertiary/aromatic N) is 2. The fourth-order valence-electron chi connectivity index (χ4n) is 3.66. The highest BCUT2D eigenvalue weighted by molar-refractivity contribution is 4.92. The summed E-state index contributed by atoms with van der Waals surface area (Å²) in [6, 6.07) is 0.806. The van der Waals surface area contributed by atoms with Crippen LogP contribution >= 0.6 is 0 Å². The summed E-state index contributed by atoms with van der Waals surface area (Å²) < 4.78 is 5.65. The van der Waals surface area contributed by atoms with E-state index in [1.807, 2.05) is 0 Å². The van der Waals surface area contributed by atoms with Crippen LogP contribution in [0.4, 0.5) is 0 Å². The minimum atomic E-state index is 0.0167. The smallest absolute Gasteiger partial charge is 0.0659 e. The van der Waals surface area contributed by atoms with Gasteiger partial charge in [0.2, 0.25) is 0 Å². The molecule has 4 nitrogen and oxygen atoms in total. The Morgan fingerprint density at radius 1 is 1.10 bits per heavy atom. The monoisotopic (exact) mass is 283 g/mol. The van der Waals surface area contributed by atoms with Crippen molar-refractivity contribution in [1.82, 2.24) is 9.80 Å². The highest BCUT2D eigenvalue weighted by atomic mass is 16.5. The lowest BCUT2D eigenvalue weighted by Crippen LogP contribution is -2.59. The topological polar surface area (TPSA) is 41.7 Å². The van der Waals surface area contributed by atoms with Crippen molar-refractivity contribution in [3.63, 3.8) is 0 Å². The van der Waals surface area contributed by atoms with E-state index < -0.39 is 0 Å². The molecule has 2 saturated heterocycles. The number of piperidine rings is 2. The molecule has 2 rings (SSSR count). The minimum absolute atomic E-state index is 0.0167. The van der Waals surface area contributed by atoms with Crippen LogP contribution < -0.4 is 5.73 Å². The summed E-state index contributed by atoms with van der Waals surface area (Å²) in [6.07, 6.45) is 6.80. The minimum Gasteiger partial charge on any atom is -0.380 e. The van der Waals surface area contributed by atoms with Gasteiger partial charge in [-0.25, -0.2) is 0 Å². The van der Waals surface area contributed by atoms with E-state index in [9.17, 15) is 0 Å². The van der Waals surface area contributed by atoms with Crippen molar-refractivity contribution in [1.29, 1.82) is 0 Å². The molecular weight excluding hydrogens is 250 g/mol. The van der Waals surface area contributed by atoms with Crippen molar-refractivity contribution in [2.24, 2.45) is 5.73 Å². The second-order valence-corrected chi connectivity index (χ2v) is 6.65. The molecule has 2 heterocycles. The quantitative estimate of drug-likeness (QED) is 0.805.